The molecule has 0 aliphatic carbocycles. The number of aryl methyl sites for hydroxylation is 1. The Labute approximate surface area is 172 Å². The van der Waals surface area contributed by atoms with E-state index in [1.807, 2.05) is 31.2 Å². The number of nitrogens with zero attached hydrogens (tertiary/aromatic N) is 2. The van der Waals surface area contributed by atoms with E-state index in [9.17, 15) is 20.0 Å². The first-order chi connectivity index (χ1) is 13.7. The van der Waals surface area contributed by atoms with Crippen LogP contribution in [0.15, 0.2) is 53.7 Å². The van der Waals surface area contributed by atoms with Crippen molar-refractivity contribution in [2.75, 3.05) is 12.0 Å². The Bertz CT molecular complexity index is 1050. The van der Waals surface area contributed by atoms with Crippen LogP contribution >= 0.6 is 12.2 Å². The number of nitro groups is 1. The van der Waals surface area contributed by atoms with E-state index in [0.717, 1.165) is 23.4 Å². The molecule has 9 heteroatoms. The molecule has 0 amide bonds. The van der Waals surface area contributed by atoms with Gasteiger partial charge in [0.15, 0.2) is 5.11 Å². The molecular weight excluding hydrogens is 394 g/mol. The molecule has 0 unspecified atom stereocenters. The third-order valence-electron chi connectivity index (χ3n) is 4.66. The zero-order chi connectivity index (χ0) is 21.3. The molecule has 0 saturated heterocycles. The van der Waals surface area contributed by atoms with Crippen molar-refractivity contribution in [1.29, 1.82) is 0 Å². The molecule has 0 fully saturated rings. The summed E-state index contributed by atoms with van der Waals surface area (Å²) < 4.78 is 4.95. The fourth-order valence-electron chi connectivity index (χ4n) is 3.30. The molecule has 1 atom stereocenters. The van der Waals surface area contributed by atoms with Gasteiger partial charge in [-0.3, -0.25) is 15.0 Å². The number of anilines is 1. The number of carbonyl (C=O) groups excluding carboxylic acids is 1. The van der Waals surface area contributed by atoms with Gasteiger partial charge in [0, 0.05) is 17.5 Å². The number of hydrogen-bond acceptors (Lipinski definition) is 6. The van der Waals surface area contributed by atoms with Crippen LogP contribution < -0.4 is 15.3 Å². The Balaban J connectivity index is 2.17. The van der Waals surface area contributed by atoms with Crippen molar-refractivity contribution in [3.8, 4) is 5.75 Å². The number of hydrogen-bond donors (Lipinski definition) is 1. The van der Waals surface area contributed by atoms with E-state index in [0.29, 0.717) is 16.4 Å². The van der Waals surface area contributed by atoms with Crippen LogP contribution in [0.25, 0.3) is 0 Å². The lowest BCUT2D eigenvalue weighted by atomic mass is 9.94. The highest BCUT2D eigenvalue weighted by Gasteiger charge is 2.35. The summed E-state index contributed by atoms with van der Waals surface area (Å²) in [5.41, 5.74) is 2.35. The van der Waals surface area contributed by atoms with E-state index < -0.39 is 28.4 Å². The Hall–Kier alpha value is -3.46. The molecule has 1 N–H and O–H groups in total. The third kappa shape index (κ3) is 3.77. The number of nitro benzene ring substituents is 1. The standard InChI is InChI=1S/C20H19N3O5S/c1-11-5-4-6-14(9-11)22-12(2)17(19(25)28-3)18(21-20(22)29)13-7-8-16(24)15(10-13)23(26)27/h4-10,18,24H,1-3H3,(H,21,29)/p-1/t18-/m0/s1. The van der Waals surface area contributed by atoms with Crippen LogP contribution in [0.2, 0.25) is 0 Å². The first kappa shape index (κ1) is 20.3. The highest BCUT2D eigenvalue weighted by Crippen LogP contribution is 2.36. The lowest BCUT2D eigenvalue weighted by molar-refractivity contribution is -0.398. The van der Waals surface area contributed by atoms with Crippen molar-refractivity contribution >= 4 is 34.7 Å². The third-order valence-corrected chi connectivity index (χ3v) is 4.96. The van der Waals surface area contributed by atoms with E-state index >= 15 is 0 Å². The van der Waals surface area contributed by atoms with Gasteiger partial charge in [-0.25, -0.2) is 4.79 Å². The smallest absolute Gasteiger partial charge is 0.337 e. The Kier molecular flexibility index (Phi) is 5.51. The van der Waals surface area contributed by atoms with Gasteiger partial charge in [-0.1, -0.05) is 24.3 Å². The molecule has 8 nitrogen and oxygen atoms in total. The van der Waals surface area contributed by atoms with Crippen molar-refractivity contribution in [2.45, 2.75) is 19.9 Å². The maximum absolute atomic E-state index is 12.6. The Morgan fingerprint density at radius 3 is 2.59 bits per heavy atom. The number of ether oxygens (including phenoxy) is 1. The first-order valence-electron chi connectivity index (χ1n) is 8.66. The second-order valence-electron chi connectivity index (χ2n) is 6.53. The predicted octanol–water partition coefficient (Wildman–Crippen LogP) is 2.86. The molecule has 0 saturated carbocycles. The van der Waals surface area contributed by atoms with E-state index in [4.69, 9.17) is 17.0 Å². The van der Waals surface area contributed by atoms with Gasteiger partial charge in [0.1, 0.15) is 0 Å². The van der Waals surface area contributed by atoms with Gasteiger partial charge >= 0.3 is 5.97 Å². The molecule has 1 heterocycles. The molecule has 0 radical (unpaired) electrons. The highest BCUT2D eigenvalue weighted by atomic mass is 32.1. The fraction of sp³-hybridized carbons (Fsp3) is 0.200. The molecule has 3 rings (SSSR count). The quantitative estimate of drug-likeness (QED) is 0.353. The van der Waals surface area contributed by atoms with Gasteiger partial charge < -0.3 is 15.2 Å². The summed E-state index contributed by atoms with van der Waals surface area (Å²) in [5, 5.41) is 26.3. The van der Waals surface area contributed by atoms with Crippen molar-refractivity contribution < 1.29 is 19.6 Å². The van der Waals surface area contributed by atoms with Crippen molar-refractivity contribution in [3.63, 3.8) is 0 Å². The zero-order valence-electron chi connectivity index (χ0n) is 16.0. The van der Waals surface area contributed by atoms with Crippen LogP contribution in [0.4, 0.5) is 11.4 Å². The maximum atomic E-state index is 12.6. The summed E-state index contributed by atoms with van der Waals surface area (Å²) >= 11 is 5.53. The number of nitrogens with one attached hydrogen (secondary N) is 1. The highest BCUT2D eigenvalue weighted by molar-refractivity contribution is 7.80. The lowest BCUT2D eigenvalue weighted by Gasteiger charge is -2.37. The summed E-state index contributed by atoms with van der Waals surface area (Å²) in [7, 11) is 1.26. The average molecular weight is 412 g/mol. The molecule has 2 aromatic rings. The van der Waals surface area contributed by atoms with Gasteiger partial charge in [-0.2, -0.15) is 0 Å². The van der Waals surface area contributed by atoms with Crippen molar-refractivity contribution in [2.24, 2.45) is 0 Å². The molecule has 1 aliphatic heterocycles. The first-order valence-corrected chi connectivity index (χ1v) is 9.07. The molecule has 0 aromatic heterocycles. The molecule has 2 aromatic carbocycles. The molecule has 0 spiro atoms. The zero-order valence-corrected chi connectivity index (χ0v) is 16.8. The normalized spacial score (nSPS) is 16.4. The molecule has 0 bridgehead atoms. The minimum Gasteiger partial charge on any atom is -0.868 e. The summed E-state index contributed by atoms with van der Waals surface area (Å²) in [6, 6.07) is 10.5. The summed E-state index contributed by atoms with van der Waals surface area (Å²) in [6.07, 6.45) is 0. The predicted molar refractivity (Wildman–Crippen MR) is 109 cm³/mol. The van der Waals surface area contributed by atoms with Gasteiger partial charge in [0.25, 0.3) is 5.69 Å². The molecule has 150 valence electrons. The molecular formula is C20H18N3O5S-. The second kappa shape index (κ2) is 7.88. The van der Waals surface area contributed by atoms with Gasteiger partial charge in [-0.05, 0) is 55.1 Å². The Morgan fingerprint density at radius 1 is 1.24 bits per heavy atom. The fourth-order valence-corrected chi connectivity index (χ4v) is 3.66. The van der Waals surface area contributed by atoms with Gasteiger partial charge in [0.05, 0.1) is 23.6 Å². The van der Waals surface area contributed by atoms with Gasteiger partial charge in [-0.15, -0.1) is 0 Å². The number of rotatable bonds is 4. The van der Waals surface area contributed by atoms with Crippen LogP contribution in [0.3, 0.4) is 0 Å². The van der Waals surface area contributed by atoms with E-state index in [-0.39, 0.29) is 5.57 Å². The number of carbonyl (C=O) groups is 1. The van der Waals surface area contributed by atoms with E-state index in [1.165, 1.54) is 13.2 Å². The summed E-state index contributed by atoms with van der Waals surface area (Å²) in [5.74, 6) is -1.31. The largest absolute Gasteiger partial charge is 0.868 e. The van der Waals surface area contributed by atoms with E-state index in [1.54, 1.807) is 11.8 Å². The number of esters is 1. The number of methoxy groups -OCH3 is 1. The Morgan fingerprint density at radius 2 is 1.97 bits per heavy atom. The topological polar surface area (TPSA) is 108 Å². The maximum Gasteiger partial charge on any atom is 0.337 e. The monoisotopic (exact) mass is 412 g/mol. The van der Waals surface area contributed by atoms with Crippen molar-refractivity contribution in [3.05, 3.63) is 75.0 Å². The average Bonchev–Trinajstić information content (AvgIpc) is 2.67. The minimum absolute atomic E-state index is 0.246. The number of allylic oxidation sites excluding steroid dienone is 1. The number of benzene rings is 2. The minimum atomic E-state index is -0.796. The van der Waals surface area contributed by atoms with Crippen LogP contribution in [-0.4, -0.2) is 23.1 Å². The molecule has 29 heavy (non-hydrogen) atoms. The number of thiocarbonyl (C=S) groups is 1. The summed E-state index contributed by atoms with van der Waals surface area (Å²) in [6.45, 7) is 3.67. The lowest BCUT2D eigenvalue weighted by Crippen LogP contribution is -2.48. The molecule has 1 aliphatic rings. The van der Waals surface area contributed by atoms with Gasteiger partial charge in [0.2, 0.25) is 0 Å². The van der Waals surface area contributed by atoms with Crippen LogP contribution in [0.1, 0.15) is 24.1 Å². The van der Waals surface area contributed by atoms with Crippen LogP contribution in [-0.2, 0) is 9.53 Å². The second-order valence-corrected chi connectivity index (χ2v) is 6.92. The van der Waals surface area contributed by atoms with Crippen LogP contribution in [0.5, 0.6) is 5.75 Å². The van der Waals surface area contributed by atoms with Crippen molar-refractivity contribution in [1.82, 2.24) is 5.32 Å². The van der Waals surface area contributed by atoms with E-state index in [2.05, 4.69) is 5.32 Å². The SMILES string of the molecule is COC(=O)C1=C(C)N(c2cccc(C)c2)C(=S)N[C@H]1c1ccc([O-])c([N+](=O)[O-])c1. The van der Waals surface area contributed by atoms with Crippen LogP contribution in [0, 0.1) is 17.0 Å². The summed E-state index contributed by atoms with van der Waals surface area (Å²) in [4.78, 5) is 24.7.